The van der Waals surface area contributed by atoms with E-state index < -0.39 is 36.9 Å². The van der Waals surface area contributed by atoms with Gasteiger partial charge in [0.25, 0.3) is 5.69 Å². The van der Waals surface area contributed by atoms with Crippen molar-refractivity contribution < 1.29 is 17.7 Å². The van der Waals surface area contributed by atoms with Gasteiger partial charge in [0.2, 0.25) is 10.0 Å². The van der Waals surface area contributed by atoms with Crippen LogP contribution < -0.4 is 10.5 Å². The lowest BCUT2D eigenvalue weighted by Crippen LogP contribution is -2.53. The molecule has 1 fully saturated rings. The minimum absolute atomic E-state index is 0.0888. The average molecular weight is 317 g/mol. The lowest BCUT2D eigenvalue weighted by Gasteiger charge is -2.29. The van der Waals surface area contributed by atoms with E-state index in [0.717, 1.165) is 25.0 Å². The van der Waals surface area contributed by atoms with E-state index in [9.17, 15) is 22.9 Å². The summed E-state index contributed by atoms with van der Waals surface area (Å²) in [6.07, 6.45) is 1.72. The summed E-state index contributed by atoms with van der Waals surface area (Å²) < 4.78 is 40.8. The highest BCUT2D eigenvalue weighted by molar-refractivity contribution is 7.89. The molecule has 9 heteroatoms. The van der Waals surface area contributed by atoms with E-state index >= 15 is 0 Å². The van der Waals surface area contributed by atoms with Gasteiger partial charge in [-0.25, -0.2) is 17.5 Å². The van der Waals surface area contributed by atoms with Crippen molar-refractivity contribution in [2.45, 2.75) is 30.2 Å². The predicted octanol–water partition coefficient (Wildman–Crippen LogP) is 1.14. The van der Waals surface area contributed by atoms with Gasteiger partial charge >= 0.3 is 0 Å². The molecule has 1 atom stereocenters. The summed E-state index contributed by atoms with van der Waals surface area (Å²) in [6, 6.07) is 2.43. The Morgan fingerprint density at radius 2 is 2.14 bits per heavy atom. The Bertz CT molecular complexity index is 675. The molecule has 0 amide bonds. The summed E-state index contributed by atoms with van der Waals surface area (Å²) in [5, 5.41) is 10.5. The third kappa shape index (κ3) is 3.20. The Hall–Kier alpha value is -1.58. The number of nitrogens with zero attached hydrogens (tertiary/aromatic N) is 1. The Kier molecular flexibility index (Phi) is 4.00. The summed E-state index contributed by atoms with van der Waals surface area (Å²) in [6.45, 7) is 1.76. The molecule has 0 saturated heterocycles. The largest absolute Gasteiger partial charge is 0.329 e. The molecule has 1 unspecified atom stereocenters. The van der Waals surface area contributed by atoms with Gasteiger partial charge in [0.05, 0.1) is 11.0 Å². The standard InChI is InChI=1S/C12H16FN3O4S/c1-12(7-14,8-2-3-8)15-21(19,20)11-5-4-9(16(17)18)6-10(11)13/h4-6,8,15H,2-3,7,14H2,1H3. The van der Waals surface area contributed by atoms with Crippen LogP contribution >= 0.6 is 0 Å². The van der Waals surface area contributed by atoms with Crippen LogP contribution in [-0.4, -0.2) is 25.4 Å². The van der Waals surface area contributed by atoms with Crippen LogP contribution in [0.2, 0.25) is 0 Å². The van der Waals surface area contributed by atoms with Crippen molar-refractivity contribution in [1.29, 1.82) is 0 Å². The third-order valence-electron chi connectivity index (χ3n) is 3.69. The first-order valence-corrected chi connectivity index (χ1v) is 7.86. The summed E-state index contributed by atoms with van der Waals surface area (Å²) in [7, 11) is -4.14. The van der Waals surface area contributed by atoms with Gasteiger partial charge in [-0.3, -0.25) is 10.1 Å². The van der Waals surface area contributed by atoms with Gasteiger partial charge < -0.3 is 5.73 Å². The Morgan fingerprint density at radius 3 is 2.57 bits per heavy atom. The predicted molar refractivity (Wildman–Crippen MR) is 73.6 cm³/mol. The van der Waals surface area contributed by atoms with Gasteiger partial charge in [-0.2, -0.15) is 0 Å². The van der Waals surface area contributed by atoms with Gasteiger partial charge in [-0.15, -0.1) is 0 Å². The molecule has 116 valence electrons. The lowest BCUT2D eigenvalue weighted by molar-refractivity contribution is -0.385. The molecule has 7 nitrogen and oxygen atoms in total. The number of hydrogen-bond donors (Lipinski definition) is 2. The monoisotopic (exact) mass is 317 g/mol. The van der Waals surface area contributed by atoms with Gasteiger partial charge in [0, 0.05) is 18.2 Å². The minimum Gasteiger partial charge on any atom is -0.329 e. The van der Waals surface area contributed by atoms with Crippen molar-refractivity contribution >= 4 is 15.7 Å². The summed E-state index contributed by atoms with van der Waals surface area (Å²) in [4.78, 5) is 9.14. The number of nitrogens with two attached hydrogens (primary N) is 1. The van der Waals surface area contributed by atoms with Crippen LogP contribution in [0.1, 0.15) is 19.8 Å². The van der Waals surface area contributed by atoms with E-state index in [-0.39, 0.29) is 12.5 Å². The SMILES string of the molecule is CC(CN)(NS(=O)(=O)c1ccc([N+](=O)[O-])cc1F)C1CC1. The molecule has 0 radical (unpaired) electrons. The zero-order valence-corrected chi connectivity index (χ0v) is 12.2. The molecule has 1 aromatic rings. The van der Waals surface area contributed by atoms with Gasteiger partial charge in [0.15, 0.2) is 0 Å². The fourth-order valence-corrected chi connectivity index (χ4v) is 3.73. The van der Waals surface area contributed by atoms with Gasteiger partial charge in [-0.1, -0.05) is 0 Å². The van der Waals surface area contributed by atoms with Crippen molar-refractivity contribution in [2.24, 2.45) is 11.7 Å². The summed E-state index contributed by atoms with van der Waals surface area (Å²) in [5.41, 5.74) is 4.28. The van der Waals surface area contributed by atoms with Crippen LogP contribution in [0.25, 0.3) is 0 Å². The van der Waals surface area contributed by atoms with Crippen LogP contribution in [0.15, 0.2) is 23.1 Å². The highest BCUT2D eigenvalue weighted by atomic mass is 32.2. The van der Waals surface area contributed by atoms with Crippen LogP contribution in [0.4, 0.5) is 10.1 Å². The molecule has 1 saturated carbocycles. The smallest absolute Gasteiger partial charge is 0.272 e. The van der Waals surface area contributed by atoms with Crippen molar-refractivity contribution in [3.8, 4) is 0 Å². The maximum absolute atomic E-state index is 13.8. The molecule has 3 N–H and O–H groups in total. The van der Waals surface area contributed by atoms with Crippen molar-refractivity contribution in [3.05, 3.63) is 34.1 Å². The number of halogens is 1. The van der Waals surface area contributed by atoms with Crippen molar-refractivity contribution in [1.82, 2.24) is 4.72 Å². The molecule has 1 aliphatic rings. The molecule has 1 aliphatic carbocycles. The Morgan fingerprint density at radius 1 is 1.52 bits per heavy atom. The first-order chi connectivity index (χ1) is 9.69. The van der Waals surface area contributed by atoms with Gasteiger partial charge in [0.1, 0.15) is 10.7 Å². The fraction of sp³-hybridized carbons (Fsp3) is 0.500. The van der Waals surface area contributed by atoms with E-state index in [2.05, 4.69) is 4.72 Å². The quantitative estimate of drug-likeness (QED) is 0.603. The van der Waals surface area contributed by atoms with Crippen LogP contribution in [0.5, 0.6) is 0 Å². The lowest BCUT2D eigenvalue weighted by atomic mass is 9.98. The number of hydrogen-bond acceptors (Lipinski definition) is 5. The summed E-state index contributed by atoms with van der Waals surface area (Å²) in [5.74, 6) is -1.04. The number of rotatable bonds is 6. The molecule has 0 bridgehead atoms. The third-order valence-corrected chi connectivity index (χ3v) is 5.33. The number of benzene rings is 1. The van der Waals surface area contributed by atoms with Crippen LogP contribution in [-0.2, 0) is 10.0 Å². The second-order valence-electron chi connectivity index (χ2n) is 5.37. The fourth-order valence-electron chi connectivity index (χ4n) is 2.20. The first-order valence-electron chi connectivity index (χ1n) is 6.37. The highest BCUT2D eigenvalue weighted by Gasteiger charge is 2.43. The van der Waals surface area contributed by atoms with E-state index in [0.29, 0.717) is 6.07 Å². The van der Waals surface area contributed by atoms with E-state index in [1.54, 1.807) is 6.92 Å². The zero-order chi connectivity index (χ0) is 15.8. The average Bonchev–Trinajstić information content (AvgIpc) is 3.22. The minimum atomic E-state index is -4.14. The Labute approximate surface area is 121 Å². The van der Waals surface area contributed by atoms with Gasteiger partial charge in [-0.05, 0) is 31.7 Å². The molecule has 0 aromatic heterocycles. The second kappa shape index (κ2) is 5.32. The van der Waals surface area contributed by atoms with Crippen LogP contribution in [0, 0.1) is 21.8 Å². The molecule has 1 aromatic carbocycles. The van der Waals surface area contributed by atoms with Crippen molar-refractivity contribution in [2.75, 3.05) is 6.54 Å². The van der Waals surface area contributed by atoms with E-state index in [4.69, 9.17) is 5.73 Å². The normalized spacial score (nSPS) is 18.2. The zero-order valence-electron chi connectivity index (χ0n) is 11.4. The molecular weight excluding hydrogens is 301 g/mol. The van der Waals surface area contributed by atoms with Crippen molar-refractivity contribution in [3.63, 3.8) is 0 Å². The number of non-ortho nitro benzene ring substituents is 1. The second-order valence-corrected chi connectivity index (χ2v) is 7.02. The molecule has 2 rings (SSSR count). The molecule has 0 heterocycles. The number of sulfonamides is 1. The highest BCUT2D eigenvalue weighted by Crippen LogP contribution is 2.39. The molecule has 21 heavy (non-hydrogen) atoms. The maximum atomic E-state index is 13.8. The topological polar surface area (TPSA) is 115 Å². The van der Waals surface area contributed by atoms with Crippen LogP contribution in [0.3, 0.4) is 0 Å². The molecular formula is C12H16FN3O4S. The number of nitro benzene ring substituents is 1. The molecule has 0 aliphatic heterocycles. The maximum Gasteiger partial charge on any atom is 0.272 e. The van der Waals surface area contributed by atoms with E-state index in [1.807, 2.05) is 0 Å². The Balaban J connectivity index is 2.33. The van der Waals surface area contributed by atoms with E-state index in [1.165, 1.54) is 0 Å². The molecule has 0 spiro atoms. The first kappa shape index (κ1) is 15.8. The number of nitrogens with one attached hydrogen (secondary N) is 1. The summed E-state index contributed by atoms with van der Waals surface area (Å²) >= 11 is 0. The number of nitro groups is 1.